The van der Waals surface area contributed by atoms with Crippen molar-refractivity contribution in [1.82, 2.24) is 19.7 Å². The molecule has 0 radical (unpaired) electrons. The smallest absolute Gasteiger partial charge is 0.273 e. The molecule has 1 aliphatic carbocycles. The highest BCUT2D eigenvalue weighted by Gasteiger charge is 2.34. The number of primary sulfonamides is 1. The van der Waals surface area contributed by atoms with E-state index in [9.17, 15) is 8.42 Å². The Kier molecular flexibility index (Phi) is 2.50. The summed E-state index contributed by atoms with van der Waals surface area (Å²) >= 11 is 1.48. The molecule has 0 spiro atoms. The van der Waals surface area contributed by atoms with Crippen LogP contribution >= 0.6 is 11.3 Å². The van der Waals surface area contributed by atoms with Crippen molar-refractivity contribution >= 4 is 21.4 Å². The fourth-order valence-electron chi connectivity index (χ4n) is 1.77. The van der Waals surface area contributed by atoms with Crippen molar-refractivity contribution in [3.63, 3.8) is 0 Å². The third-order valence-electron chi connectivity index (χ3n) is 2.68. The second kappa shape index (κ2) is 3.84. The van der Waals surface area contributed by atoms with Crippen LogP contribution in [0.3, 0.4) is 0 Å². The van der Waals surface area contributed by atoms with E-state index in [4.69, 9.17) is 5.14 Å². The van der Waals surface area contributed by atoms with E-state index in [1.807, 2.05) is 12.3 Å². The normalized spacial score (nSPS) is 16.1. The number of hydrogen-bond donors (Lipinski definition) is 1. The summed E-state index contributed by atoms with van der Waals surface area (Å²) in [5.41, 5.74) is 0.645. The number of hydrogen-bond acceptors (Lipinski definition) is 6. The first-order chi connectivity index (χ1) is 8.47. The number of rotatable bonds is 3. The zero-order valence-corrected chi connectivity index (χ0v) is 11.2. The standard InChI is InChI=1S/C9H11N5O2S2/c1-5-11-7(4-17-5)8-12-13-9(18(10,15)16)14(8)6-2-3-6/h4,6H,2-3H2,1H3,(H2,10,15,16). The predicted molar refractivity (Wildman–Crippen MR) is 65.5 cm³/mol. The molecule has 1 saturated carbocycles. The van der Waals surface area contributed by atoms with Crippen LogP contribution in [0, 0.1) is 6.92 Å². The molecule has 0 saturated heterocycles. The van der Waals surface area contributed by atoms with Crippen molar-refractivity contribution < 1.29 is 8.42 Å². The zero-order valence-electron chi connectivity index (χ0n) is 9.57. The molecule has 1 aliphatic rings. The Morgan fingerprint density at radius 3 is 2.67 bits per heavy atom. The van der Waals surface area contributed by atoms with E-state index in [1.54, 1.807) is 4.57 Å². The summed E-state index contributed by atoms with van der Waals surface area (Å²) in [6.45, 7) is 1.88. The number of thiazole rings is 1. The van der Waals surface area contributed by atoms with Crippen LogP contribution in [0.15, 0.2) is 10.5 Å². The van der Waals surface area contributed by atoms with E-state index < -0.39 is 10.0 Å². The summed E-state index contributed by atoms with van der Waals surface area (Å²) in [6.07, 6.45) is 1.83. The van der Waals surface area contributed by atoms with Crippen LogP contribution in [0.5, 0.6) is 0 Å². The molecule has 2 aromatic rings. The van der Waals surface area contributed by atoms with Crippen molar-refractivity contribution in [1.29, 1.82) is 0 Å². The van der Waals surface area contributed by atoms with Gasteiger partial charge in [-0.15, -0.1) is 21.5 Å². The molecule has 18 heavy (non-hydrogen) atoms. The van der Waals surface area contributed by atoms with Crippen LogP contribution in [0.2, 0.25) is 0 Å². The van der Waals surface area contributed by atoms with Gasteiger partial charge in [-0.3, -0.25) is 4.57 Å². The third kappa shape index (κ3) is 1.93. The van der Waals surface area contributed by atoms with E-state index >= 15 is 0 Å². The Balaban J connectivity index is 2.19. The Morgan fingerprint density at radius 2 is 2.17 bits per heavy atom. The molecule has 7 nitrogen and oxygen atoms in total. The van der Waals surface area contributed by atoms with Gasteiger partial charge in [-0.2, -0.15) is 0 Å². The third-order valence-corrected chi connectivity index (χ3v) is 4.24. The lowest BCUT2D eigenvalue weighted by Crippen LogP contribution is -2.18. The SMILES string of the molecule is Cc1nc(-c2nnc(S(N)(=O)=O)n2C2CC2)cs1. The van der Waals surface area contributed by atoms with Crippen LogP contribution in [0.25, 0.3) is 11.5 Å². The molecule has 2 N–H and O–H groups in total. The first kappa shape index (κ1) is 11.8. The van der Waals surface area contributed by atoms with Gasteiger partial charge in [-0.05, 0) is 19.8 Å². The van der Waals surface area contributed by atoms with Gasteiger partial charge < -0.3 is 0 Å². The van der Waals surface area contributed by atoms with Gasteiger partial charge in [0.15, 0.2) is 5.82 Å². The fraction of sp³-hybridized carbons (Fsp3) is 0.444. The highest BCUT2D eigenvalue weighted by Crippen LogP contribution is 2.39. The van der Waals surface area contributed by atoms with Crippen LogP contribution in [0.4, 0.5) is 0 Å². The van der Waals surface area contributed by atoms with Gasteiger partial charge in [-0.1, -0.05) is 0 Å². The van der Waals surface area contributed by atoms with E-state index in [0.29, 0.717) is 11.5 Å². The second-order valence-electron chi connectivity index (χ2n) is 4.20. The van der Waals surface area contributed by atoms with E-state index in [1.165, 1.54) is 11.3 Å². The molecule has 96 valence electrons. The minimum absolute atomic E-state index is 0.116. The van der Waals surface area contributed by atoms with Gasteiger partial charge in [-0.25, -0.2) is 18.5 Å². The topological polar surface area (TPSA) is 104 Å². The van der Waals surface area contributed by atoms with Crippen LogP contribution < -0.4 is 5.14 Å². The minimum atomic E-state index is -3.85. The Morgan fingerprint density at radius 1 is 1.44 bits per heavy atom. The van der Waals surface area contributed by atoms with Crippen molar-refractivity contribution in [2.75, 3.05) is 0 Å². The number of aryl methyl sites for hydroxylation is 1. The van der Waals surface area contributed by atoms with Gasteiger partial charge >= 0.3 is 0 Å². The summed E-state index contributed by atoms with van der Waals surface area (Å²) in [5.74, 6) is 0.478. The van der Waals surface area contributed by atoms with Crippen LogP contribution in [0.1, 0.15) is 23.9 Å². The first-order valence-electron chi connectivity index (χ1n) is 5.37. The van der Waals surface area contributed by atoms with Gasteiger partial charge in [0.25, 0.3) is 15.2 Å². The van der Waals surface area contributed by atoms with Crippen molar-refractivity contribution in [2.24, 2.45) is 5.14 Å². The molecular weight excluding hydrogens is 274 g/mol. The summed E-state index contributed by atoms with van der Waals surface area (Å²) in [5, 5.41) is 15.3. The number of nitrogens with two attached hydrogens (primary N) is 1. The van der Waals surface area contributed by atoms with Crippen molar-refractivity contribution in [2.45, 2.75) is 31.0 Å². The molecule has 0 amide bonds. The summed E-state index contributed by atoms with van der Waals surface area (Å²) in [4.78, 5) is 4.31. The summed E-state index contributed by atoms with van der Waals surface area (Å²) in [7, 11) is -3.85. The quantitative estimate of drug-likeness (QED) is 0.893. The Bertz CT molecular complexity index is 698. The monoisotopic (exact) mass is 285 g/mol. The molecule has 0 unspecified atom stereocenters. The molecule has 0 aliphatic heterocycles. The molecule has 0 atom stereocenters. The van der Waals surface area contributed by atoms with Crippen LogP contribution in [-0.2, 0) is 10.0 Å². The maximum absolute atomic E-state index is 11.5. The van der Waals surface area contributed by atoms with E-state index in [-0.39, 0.29) is 11.2 Å². The lowest BCUT2D eigenvalue weighted by molar-refractivity contribution is 0.567. The lowest BCUT2D eigenvalue weighted by atomic mass is 10.4. The molecular formula is C9H11N5O2S2. The van der Waals surface area contributed by atoms with Gasteiger partial charge in [0, 0.05) is 11.4 Å². The Hall–Kier alpha value is -1.32. The number of sulfonamides is 1. The second-order valence-corrected chi connectivity index (χ2v) is 6.72. The highest BCUT2D eigenvalue weighted by molar-refractivity contribution is 7.89. The lowest BCUT2D eigenvalue weighted by Gasteiger charge is -2.05. The molecule has 2 heterocycles. The largest absolute Gasteiger partial charge is 0.292 e. The first-order valence-corrected chi connectivity index (χ1v) is 7.79. The zero-order chi connectivity index (χ0) is 12.9. The molecule has 0 bridgehead atoms. The number of aromatic nitrogens is 4. The van der Waals surface area contributed by atoms with Crippen LogP contribution in [-0.4, -0.2) is 28.2 Å². The van der Waals surface area contributed by atoms with Gasteiger partial charge in [0.05, 0.1) is 5.01 Å². The van der Waals surface area contributed by atoms with Crippen molar-refractivity contribution in [3.05, 3.63) is 10.4 Å². The number of nitrogens with zero attached hydrogens (tertiary/aromatic N) is 4. The minimum Gasteiger partial charge on any atom is -0.292 e. The summed E-state index contributed by atoms with van der Waals surface area (Å²) in [6, 6.07) is 0.116. The predicted octanol–water partition coefficient (Wildman–Crippen LogP) is 0.692. The average Bonchev–Trinajstić information content (AvgIpc) is 2.85. The maximum atomic E-state index is 11.5. The maximum Gasteiger partial charge on any atom is 0.273 e. The summed E-state index contributed by atoms with van der Waals surface area (Å²) < 4.78 is 24.5. The molecule has 1 fully saturated rings. The molecule has 3 rings (SSSR count). The average molecular weight is 285 g/mol. The Labute approximate surface area is 108 Å². The van der Waals surface area contributed by atoms with E-state index in [0.717, 1.165) is 17.8 Å². The van der Waals surface area contributed by atoms with Crippen molar-refractivity contribution in [3.8, 4) is 11.5 Å². The molecule has 9 heteroatoms. The van der Waals surface area contributed by atoms with Gasteiger partial charge in [0.1, 0.15) is 5.69 Å². The van der Waals surface area contributed by atoms with E-state index in [2.05, 4.69) is 15.2 Å². The molecule has 0 aromatic carbocycles. The highest BCUT2D eigenvalue weighted by atomic mass is 32.2. The fourth-order valence-corrected chi connectivity index (χ4v) is 3.03. The molecule has 2 aromatic heterocycles. The van der Waals surface area contributed by atoms with Gasteiger partial charge in [0.2, 0.25) is 0 Å².